The van der Waals surface area contributed by atoms with Crippen LogP contribution >= 0.6 is 0 Å². The quantitative estimate of drug-likeness (QED) is 0.537. The van der Waals surface area contributed by atoms with Crippen LogP contribution in [0.15, 0.2) is 12.2 Å². The Morgan fingerprint density at radius 1 is 1.29 bits per heavy atom. The lowest BCUT2D eigenvalue weighted by atomic mass is 9.75. The van der Waals surface area contributed by atoms with Crippen molar-refractivity contribution in [2.75, 3.05) is 6.61 Å². The van der Waals surface area contributed by atoms with Gasteiger partial charge in [0.05, 0.1) is 12.5 Å². The molecule has 0 aromatic carbocycles. The van der Waals surface area contributed by atoms with Crippen molar-refractivity contribution in [1.29, 1.82) is 0 Å². The lowest BCUT2D eigenvalue weighted by Gasteiger charge is -2.30. The molecule has 2 heteroatoms. The molecule has 0 aliphatic heterocycles. The molecule has 3 atom stereocenters. The van der Waals surface area contributed by atoms with Gasteiger partial charge in [0.15, 0.2) is 0 Å². The van der Waals surface area contributed by atoms with Gasteiger partial charge in [-0.1, -0.05) is 39.3 Å². The predicted octanol–water partition coefficient (Wildman–Crippen LogP) is 3.81. The molecule has 0 fully saturated rings. The van der Waals surface area contributed by atoms with Gasteiger partial charge in [-0.05, 0) is 37.5 Å². The number of allylic oxidation sites excluding steroid dienone is 1. The zero-order valence-corrected chi connectivity index (χ0v) is 11.6. The van der Waals surface area contributed by atoms with Crippen molar-refractivity contribution >= 4 is 5.97 Å². The molecule has 2 nitrogen and oxygen atoms in total. The van der Waals surface area contributed by atoms with Crippen LogP contribution in [0.4, 0.5) is 0 Å². The van der Waals surface area contributed by atoms with Crippen LogP contribution in [0.5, 0.6) is 0 Å². The highest BCUT2D eigenvalue weighted by Crippen LogP contribution is 2.34. The highest BCUT2D eigenvalue weighted by Gasteiger charge is 2.27. The number of hydrogen-bond acceptors (Lipinski definition) is 2. The first-order valence-corrected chi connectivity index (χ1v) is 6.95. The number of rotatable bonds is 5. The zero-order valence-electron chi connectivity index (χ0n) is 11.6. The molecule has 1 aliphatic carbocycles. The Morgan fingerprint density at radius 2 is 2.00 bits per heavy atom. The molecule has 0 aromatic heterocycles. The SMILES string of the molecule is CCOC(=O)C1C=CC(C(CC)C(C)C)CC1. The average molecular weight is 238 g/mol. The van der Waals surface area contributed by atoms with Crippen molar-refractivity contribution in [2.24, 2.45) is 23.7 Å². The Bertz CT molecular complexity index is 268. The van der Waals surface area contributed by atoms with Crippen molar-refractivity contribution in [3.05, 3.63) is 12.2 Å². The third-order valence-electron chi connectivity index (χ3n) is 3.87. The summed E-state index contributed by atoms with van der Waals surface area (Å²) in [6, 6.07) is 0. The van der Waals surface area contributed by atoms with Crippen LogP contribution in [0.3, 0.4) is 0 Å². The lowest BCUT2D eigenvalue weighted by molar-refractivity contribution is -0.146. The summed E-state index contributed by atoms with van der Waals surface area (Å²) < 4.78 is 5.06. The van der Waals surface area contributed by atoms with Gasteiger partial charge < -0.3 is 4.74 Å². The summed E-state index contributed by atoms with van der Waals surface area (Å²) in [6.45, 7) is 9.18. The summed E-state index contributed by atoms with van der Waals surface area (Å²) in [5.41, 5.74) is 0. The minimum Gasteiger partial charge on any atom is -0.466 e. The topological polar surface area (TPSA) is 26.3 Å². The van der Waals surface area contributed by atoms with E-state index < -0.39 is 0 Å². The Hall–Kier alpha value is -0.790. The molecule has 0 amide bonds. The number of carbonyl (C=O) groups is 1. The van der Waals surface area contributed by atoms with Gasteiger partial charge in [-0.25, -0.2) is 0 Å². The first-order chi connectivity index (χ1) is 8.10. The van der Waals surface area contributed by atoms with Crippen LogP contribution in [-0.2, 0) is 9.53 Å². The van der Waals surface area contributed by atoms with Crippen LogP contribution in [0.1, 0.15) is 47.0 Å². The third kappa shape index (κ3) is 3.86. The Morgan fingerprint density at radius 3 is 2.41 bits per heavy atom. The molecule has 0 bridgehead atoms. The van der Waals surface area contributed by atoms with Gasteiger partial charge >= 0.3 is 5.97 Å². The van der Waals surface area contributed by atoms with E-state index in [4.69, 9.17) is 4.74 Å². The first kappa shape index (κ1) is 14.3. The Labute approximate surface area is 105 Å². The number of ether oxygens (including phenoxy) is 1. The highest BCUT2D eigenvalue weighted by molar-refractivity contribution is 5.74. The van der Waals surface area contributed by atoms with Gasteiger partial charge in [0, 0.05) is 0 Å². The van der Waals surface area contributed by atoms with Gasteiger partial charge in [0.25, 0.3) is 0 Å². The molecule has 17 heavy (non-hydrogen) atoms. The molecular weight excluding hydrogens is 212 g/mol. The van der Waals surface area contributed by atoms with E-state index in [0.717, 1.165) is 18.8 Å². The van der Waals surface area contributed by atoms with E-state index in [9.17, 15) is 4.79 Å². The van der Waals surface area contributed by atoms with Gasteiger partial charge in [0.2, 0.25) is 0 Å². The summed E-state index contributed by atoms with van der Waals surface area (Å²) in [6.07, 6.45) is 7.60. The zero-order chi connectivity index (χ0) is 12.8. The van der Waals surface area contributed by atoms with Crippen molar-refractivity contribution in [1.82, 2.24) is 0 Å². The second-order valence-corrected chi connectivity index (χ2v) is 5.30. The fraction of sp³-hybridized carbons (Fsp3) is 0.800. The number of esters is 1. The molecule has 0 spiro atoms. The molecule has 0 aromatic rings. The molecule has 0 radical (unpaired) electrons. The van der Waals surface area contributed by atoms with Crippen LogP contribution in [-0.4, -0.2) is 12.6 Å². The van der Waals surface area contributed by atoms with E-state index in [1.54, 1.807) is 0 Å². The van der Waals surface area contributed by atoms with Gasteiger partial charge in [0.1, 0.15) is 0 Å². The maximum absolute atomic E-state index is 11.6. The molecule has 1 rings (SSSR count). The molecular formula is C15H26O2. The summed E-state index contributed by atoms with van der Waals surface area (Å²) >= 11 is 0. The number of carbonyl (C=O) groups excluding carboxylic acids is 1. The monoisotopic (exact) mass is 238 g/mol. The van der Waals surface area contributed by atoms with E-state index >= 15 is 0 Å². The summed E-state index contributed by atoms with van der Waals surface area (Å²) in [4.78, 5) is 11.6. The third-order valence-corrected chi connectivity index (χ3v) is 3.87. The average Bonchev–Trinajstić information content (AvgIpc) is 2.30. The van der Waals surface area contributed by atoms with E-state index in [1.165, 1.54) is 6.42 Å². The second-order valence-electron chi connectivity index (χ2n) is 5.30. The maximum atomic E-state index is 11.6. The number of hydrogen-bond donors (Lipinski definition) is 0. The van der Waals surface area contributed by atoms with E-state index in [1.807, 2.05) is 6.92 Å². The fourth-order valence-electron chi connectivity index (χ4n) is 2.91. The smallest absolute Gasteiger partial charge is 0.312 e. The summed E-state index contributed by atoms with van der Waals surface area (Å²) in [5.74, 6) is 2.05. The maximum Gasteiger partial charge on any atom is 0.312 e. The normalized spacial score (nSPS) is 25.9. The molecule has 0 N–H and O–H groups in total. The molecule has 0 saturated heterocycles. The van der Waals surface area contributed by atoms with Gasteiger partial charge in [-0.15, -0.1) is 0 Å². The lowest BCUT2D eigenvalue weighted by Crippen LogP contribution is -2.25. The predicted molar refractivity (Wildman–Crippen MR) is 70.6 cm³/mol. The Kier molecular flexibility index (Phi) is 5.73. The molecule has 3 unspecified atom stereocenters. The molecule has 0 heterocycles. The van der Waals surface area contributed by atoms with Crippen molar-refractivity contribution < 1.29 is 9.53 Å². The highest BCUT2D eigenvalue weighted by atomic mass is 16.5. The van der Waals surface area contributed by atoms with Crippen LogP contribution < -0.4 is 0 Å². The standard InChI is InChI=1S/C15H26O2/c1-5-14(11(3)4)12-7-9-13(10-8-12)15(16)17-6-2/h7,9,11-14H,5-6,8,10H2,1-4H3. The minimum atomic E-state index is -0.0557. The van der Waals surface area contributed by atoms with Gasteiger partial charge in [-0.2, -0.15) is 0 Å². The van der Waals surface area contributed by atoms with E-state index in [0.29, 0.717) is 18.4 Å². The first-order valence-electron chi connectivity index (χ1n) is 6.95. The van der Waals surface area contributed by atoms with E-state index in [-0.39, 0.29) is 11.9 Å². The van der Waals surface area contributed by atoms with Crippen LogP contribution in [0.25, 0.3) is 0 Å². The fourth-order valence-corrected chi connectivity index (χ4v) is 2.91. The van der Waals surface area contributed by atoms with Crippen LogP contribution in [0, 0.1) is 23.7 Å². The molecule has 98 valence electrons. The van der Waals surface area contributed by atoms with E-state index in [2.05, 4.69) is 32.9 Å². The summed E-state index contributed by atoms with van der Waals surface area (Å²) in [7, 11) is 0. The van der Waals surface area contributed by atoms with Gasteiger partial charge in [-0.3, -0.25) is 4.79 Å². The van der Waals surface area contributed by atoms with Crippen molar-refractivity contribution in [3.8, 4) is 0 Å². The Balaban J connectivity index is 2.56. The molecule has 1 aliphatic rings. The van der Waals surface area contributed by atoms with Crippen LogP contribution in [0.2, 0.25) is 0 Å². The second kappa shape index (κ2) is 6.83. The summed E-state index contributed by atoms with van der Waals surface area (Å²) in [5, 5.41) is 0. The largest absolute Gasteiger partial charge is 0.466 e. The minimum absolute atomic E-state index is 0.00383. The van der Waals surface area contributed by atoms with Crippen molar-refractivity contribution in [2.45, 2.75) is 47.0 Å². The van der Waals surface area contributed by atoms with Crippen molar-refractivity contribution in [3.63, 3.8) is 0 Å². The molecule has 0 saturated carbocycles.